The van der Waals surface area contributed by atoms with E-state index >= 15 is 0 Å². The third-order valence-corrected chi connectivity index (χ3v) is 1.74. The zero-order valence-corrected chi connectivity index (χ0v) is 7.50. The van der Waals surface area contributed by atoms with Crippen LogP contribution in [0.3, 0.4) is 0 Å². The summed E-state index contributed by atoms with van der Waals surface area (Å²) >= 11 is 0. The van der Waals surface area contributed by atoms with Gasteiger partial charge in [0.05, 0.1) is 4.92 Å². The molecule has 0 unspecified atom stereocenters. The standard InChI is InChI=1S/C8H6F3NO3/c1-4-2-5(8(9,10)11)7(13)6(3-4)12(14)15/h2-3,13H,1H3. The molecule has 1 rings (SSSR count). The van der Waals surface area contributed by atoms with Gasteiger partial charge in [-0.05, 0) is 18.6 Å². The summed E-state index contributed by atoms with van der Waals surface area (Å²) in [4.78, 5) is 9.27. The Bertz CT molecular complexity index is 414. The third kappa shape index (κ3) is 2.17. The highest BCUT2D eigenvalue weighted by molar-refractivity contribution is 5.54. The molecule has 4 nitrogen and oxygen atoms in total. The summed E-state index contributed by atoms with van der Waals surface area (Å²) in [6, 6.07) is 1.53. The van der Waals surface area contributed by atoms with E-state index in [0.717, 1.165) is 6.07 Å². The number of nitro benzene ring substituents is 1. The van der Waals surface area contributed by atoms with Gasteiger partial charge in [-0.25, -0.2) is 0 Å². The molecule has 0 fully saturated rings. The van der Waals surface area contributed by atoms with Crippen molar-refractivity contribution in [2.75, 3.05) is 0 Å². The number of nitro groups is 1. The van der Waals surface area contributed by atoms with Crippen molar-refractivity contribution in [1.82, 2.24) is 0 Å². The van der Waals surface area contributed by atoms with Gasteiger partial charge in [-0.3, -0.25) is 10.1 Å². The van der Waals surface area contributed by atoms with Crippen LogP contribution in [0.25, 0.3) is 0 Å². The second-order valence-electron chi connectivity index (χ2n) is 2.94. The molecule has 0 spiro atoms. The number of hydrogen-bond donors (Lipinski definition) is 1. The maximum Gasteiger partial charge on any atom is 0.420 e. The van der Waals surface area contributed by atoms with Crippen LogP contribution in [-0.4, -0.2) is 10.0 Å². The molecular weight excluding hydrogens is 215 g/mol. The minimum Gasteiger partial charge on any atom is -0.502 e. The molecule has 0 aromatic heterocycles. The van der Waals surface area contributed by atoms with Gasteiger partial charge >= 0.3 is 11.9 Å². The molecular formula is C8H6F3NO3. The molecule has 0 aliphatic rings. The van der Waals surface area contributed by atoms with Crippen LogP contribution in [-0.2, 0) is 6.18 Å². The second-order valence-corrected chi connectivity index (χ2v) is 2.94. The Hall–Kier alpha value is -1.79. The maximum atomic E-state index is 12.3. The van der Waals surface area contributed by atoms with Gasteiger partial charge in [0.1, 0.15) is 5.56 Å². The minimum atomic E-state index is -4.80. The fraction of sp³-hybridized carbons (Fsp3) is 0.250. The zero-order valence-electron chi connectivity index (χ0n) is 7.50. The summed E-state index contributed by atoms with van der Waals surface area (Å²) in [7, 11) is 0. The van der Waals surface area contributed by atoms with Crippen molar-refractivity contribution in [1.29, 1.82) is 0 Å². The molecule has 82 valence electrons. The van der Waals surface area contributed by atoms with Gasteiger partial charge in [0.2, 0.25) is 5.75 Å². The van der Waals surface area contributed by atoms with Crippen molar-refractivity contribution < 1.29 is 23.2 Å². The first kappa shape index (κ1) is 11.3. The summed E-state index contributed by atoms with van der Waals surface area (Å²) in [5.41, 5.74) is -2.27. The topological polar surface area (TPSA) is 63.4 Å². The number of aryl methyl sites for hydroxylation is 1. The van der Waals surface area contributed by atoms with Gasteiger partial charge in [-0.2, -0.15) is 13.2 Å². The fourth-order valence-corrected chi connectivity index (χ4v) is 1.11. The molecule has 0 aliphatic carbocycles. The van der Waals surface area contributed by atoms with E-state index in [4.69, 9.17) is 5.11 Å². The highest BCUT2D eigenvalue weighted by Gasteiger charge is 2.37. The SMILES string of the molecule is Cc1cc([N+](=O)[O-])c(O)c(C(F)(F)F)c1. The van der Waals surface area contributed by atoms with E-state index in [2.05, 4.69) is 0 Å². The van der Waals surface area contributed by atoms with E-state index < -0.39 is 28.1 Å². The van der Waals surface area contributed by atoms with Crippen LogP contribution < -0.4 is 0 Å². The van der Waals surface area contributed by atoms with Crippen LogP contribution in [0.5, 0.6) is 5.75 Å². The van der Waals surface area contributed by atoms with Crippen molar-refractivity contribution in [3.05, 3.63) is 33.4 Å². The number of phenols is 1. The molecule has 0 saturated carbocycles. The monoisotopic (exact) mass is 221 g/mol. The number of hydrogen-bond acceptors (Lipinski definition) is 3. The van der Waals surface area contributed by atoms with Crippen LogP contribution in [0, 0.1) is 17.0 Å². The lowest BCUT2D eigenvalue weighted by molar-refractivity contribution is -0.386. The quantitative estimate of drug-likeness (QED) is 0.585. The van der Waals surface area contributed by atoms with E-state index in [1.165, 1.54) is 6.92 Å². The van der Waals surface area contributed by atoms with Gasteiger partial charge in [-0.15, -0.1) is 0 Å². The maximum absolute atomic E-state index is 12.3. The molecule has 0 amide bonds. The van der Waals surface area contributed by atoms with Crippen LogP contribution in [0.1, 0.15) is 11.1 Å². The van der Waals surface area contributed by atoms with Crippen molar-refractivity contribution >= 4 is 5.69 Å². The Kier molecular flexibility index (Phi) is 2.57. The highest BCUT2D eigenvalue weighted by atomic mass is 19.4. The van der Waals surface area contributed by atoms with Gasteiger partial charge in [0.25, 0.3) is 0 Å². The van der Waals surface area contributed by atoms with Crippen molar-refractivity contribution in [2.24, 2.45) is 0 Å². The van der Waals surface area contributed by atoms with Gasteiger partial charge in [-0.1, -0.05) is 0 Å². The van der Waals surface area contributed by atoms with Gasteiger partial charge < -0.3 is 5.11 Å². The van der Waals surface area contributed by atoms with Crippen LogP contribution in [0.4, 0.5) is 18.9 Å². The Labute approximate surface area is 82.1 Å². The second kappa shape index (κ2) is 3.41. The normalized spacial score (nSPS) is 11.5. The van der Waals surface area contributed by atoms with Crippen LogP contribution in [0.2, 0.25) is 0 Å². The molecule has 0 aliphatic heterocycles. The number of nitrogens with zero attached hydrogens (tertiary/aromatic N) is 1. The first-order chi connectivity index (χ1) is 6.73. The third-order valence-electron chi connectivity index (χ3n) is 1.74. The van der Waals surface area contributed by atoms with E-state index in [1.807, 2.05) is 0 Å². The molecule has 0 radical (unpaired) electrons. The van der Waals surface area contributed by atoms with E-state index in [0.29, 0.717) is 6.07 Å². The predicted octanol–water partition coefficient (Wildman–Crippen LogP) is 2.63. The van der Waals surface area contributed by atoms with E-state index in [-0.39, 0.29) is 5.56 Å². The first-order valence-electron chi connectivity index (χ1n) is 3.78. The van der Waals surface area contributed by atoms with Gasteiger partial charge in [0, 0.05) is 6.07 Å². The van der Waals surface area contributed by atoms with E-state index in [1.54, 1.807) is 0 Å². The number of aromatic hydroxyl groups is 1. The molecule has 15 heavy (non-hydrogen) atoms. The summed E-state index contributed by atoms with van der Waals surface area (Å²) in [6.45, 7) is 1.28. The molecule has 0 heterocycles. The summed E-state index contributed by atoms with van der Waals surface area (Å²) in [5.74, 6) is -1.35. The smallest absolute Gasteiger partial charge is 0.420 e. The molecule has 0 atom stereocenters. The van der Waals surface area contributed by atoms with Gasteiger partial charge in [0.15, 0.2) is 0 Å². The lowest BCUT2D eigenvalue weighted by Crippen LogP contribution is -2.07. The Morgan fingerprint density at radius 1 is 1.40 bits per heavy atom. The highest BCUT2D eigenvalue weighted by Crippen LogP contribution is 2.41. The zero-order chi connectivity index (χ0) is 11.8. The molecule has 1 N–H and O–H groups in total. The molecule has 0 bridgehead atoms. The molecule has 1 aromatic carbocycles. The largest absolute Gasteiger partial charge is 0.502 e. The number of halogens is 3. The van der Waals surface area contributed by atoms with Crippen LogP contribution >= 0.6 is 0 Å². The Balaban J connectivity index is 3.49. The number of rotatable bonds is 1. The van der Waals surface area contributed by atoms with Crippen molar-refractivity contribution in [3.8, 4) is 5.75 Å². The predicted molar refractivity (Wildman–Crippen MR) is 44.5 cm³/mol. The molecule has 1 aromatic rings. The number of benzene rings is 1. The average molecular weight is 221 g/mol. The average Bonchev–Trinajstić information content (AvgIpc) is 2.06. The summed E-state index contributed by atoms with van der Waals surface area (Å²) < 4.78 is 36.9. The minimum absolute atomic E-state index is 0.0619. The van der Waals surface area contributed by atoms with Crippen molar-refractivity contribution in [3.63, 3.8) is 0 Å². The Morgan fingerprint density at radius 2 is 1.93 bits per heavy atom. The Morgan fingerprint density at radius 3 is 2.33 bits per heavy atom. The molecule has 0 saturated heterocycles. The molecule has 7 heteroatoms. The fourth-order valence-electron chi connectivity index (χ4n) is 1.11. The lowest BCUT2D eigenvalue weighted by Gasteiger charge is -2.09. The lowest BCUT2D eigenvalue weighted by atomic mass is 10.1. The first-order valence-corrected chi connectivity index (χ1v) is 3.78. The van der Waals surface area contributed by atoms with Crippen LogP contribution in [0.15, 0.2) is 12.1 Å². The summed E-state index contributed by atoms with van der Waals surface area (Å²) in [6.07, 6.45) is -4.80. The summed E-state index contributed by atoms with van der Waals surface area (Å²) in [5, 5.41) is 19.4. The van der Waals surface area contributed by atoms with E-state index in [9.17, 15) is 23.3 Å². The number of alkyl halides is 3. The number of phenolic OH excluding ortho intramolecular Hbond substituents is 1. The van der Waals surface area contributed by atoms with Crippen molar-refractivity contribution in [2.45, 2.75) is 13.1 Å².